The van der Waals surface area contributed by atoms with E-state index >= 15 is 0 Å². The highest BCUT2D eigenvalue weighted by molar-refractivity contribution is 8.00. The van der Waals surface area contributed by atoms with Crippen molar-refractivity contribution >= 4 is 23.6 Å². The summed E-state index contributed by atoms with van der Waals surface area (Å²) in [7, 11) is 0. The van der Waals surface area contributed by atoms with E-state index in [1.54, 1.807) is 11.8 Å². The summed E-state index contributed by atoms with van der Waals surface area (Å²) in [4.78, 5) is 26.8. The van der Waals surface area contributed by atoms with Crippen LogP contribution in [0.1, 0.15) is 32.4 Å². The molecule has 1 atom stereocenters. The molecule has 0 aliphatic carbocycles. The molecule has 3 aromatic carbocycles. The van der Waals surface area contributed by atoms with Crippen LogP contribution in [0.5, 0.6) is 5.75 Å². The lowest BCUT2D eigenvalue weighted by Gasteiger charge is -2.24. The molecule has 0 saturated carbocycles. The highest BCUT2D eigenvalue weighted by atomic mass is 32.2. The Morgan fingerprint density at radius 2 is 1.75 bits per heavy atom. The molecule has 5 nitrogen and oxygen atoms in total. The minimum atomic E-state index is -0.138. The van der Waals surface area contributed by atoms with Gasteiger partial charge in [0, 0.05) is 12.1 Å². The van der Waals surface area contributed by atoms with Crippen LogP contribution < -0.4 is 10.1 Å². The Kier molecular flexibility index (Phi) is 7.12. The molecule has 32 heavy (non-hydrogen) atoms. The molecule has 1 aliphatic heterocycles. The van der Waals surface area contributed by atoms with E-state index in [-0.39, 0.29) is 17.2 Å². The molecule has 0 aromatic heterocycles. The van der Waals surface area contributed by atoms with Crippen LogP contribution in [0.2, 0.25) is 0 Å². The summed E-state index contributed by atoms with van der Waals surface area (Å²) in [5.41, 5.74) is 3.79. The van der Waals surface area contributed by atoms with Gasteiger partial charge in [-0.1, -0.05) is 60.7 Å². The Morgan fingerprint density at radius 3 is 2.50 bits per heavy atom. The Bertz CT molecular complexity index is 1070. The van der Waals surface area contributed by atoms with Crippen LogP contribution in [0.25, 0.3) is 0 Å². The SMILES string of the molecule is Cc1ccccc1OCCNC(=O)c1ccc(C2SCC(=O)N2Cc2ccccc2)cc1. The van der Waals surface area contributed by atoms with Crippen molar-refractivity contribution in [3.8, 4) is 5.75 Å². The van der Waals surface area contributed by atoms with Crippen molar-refractivity contribution in [2.75, 3.05) is 18.9 Å². The van der Waals surface area contributed by atoms with Gasteiger partial charge >= 0.3 is 0 Å². The van der Waals surface area contributed by atoms with E-state index in [4.69, 9.17) is 4.74 Å². The number of amides is 2. The van der Waals surface area contributed by atoms with Crippen LogP contribution in [0.4, 0.5) is 0 Å². The number of benzene rings is 3. The second-order valence-corrected chi connectivity index (χ2v) is 8.73. The molecule has 1 fully saturated rings. The average molecular weight is 447 g/mol. The third-order valence-corrected chi connectivity index (χ3v) is 6.62. The highest BCUT2D eigenvalue weighted by Crippen LogP contribution is 2.39. The number of thioether (sulfide) groups is 1. The number of rotatable bonds is 8. The van der Waals surface area contributed by atoms with Crippen molar-refractivity contribution in [3.63, 3.8) is 0 Å². The molecule has 164 valence electrons. The van der Waals surface area contributed by atoms with Gasteiger partial charge in [-0.05, 0) is 41.8 Å². The monoisotopic (exact) mass is 446 g/mol. The zero-order valence-electron chi connectivity index (χ0n) is 18.0. The van der Waals surface area contributed by atoms with Gasteiger partial charge in [-0.25, -0.2) is 0 Å². The first-order valence-electron chi connectivity index (χ1n) is 10.6. The van der Waals surface area contributed by atoms with E-state index in [0.717, 1.165) is 22.4 Å². The number of nitrogens with one attached hydrogen (secondary N) is 1. The van der Waals surface area contributed by atoms with Gasteiger partial charge in [0.2, 0.25) is 5.91 Å². The smallest absolute Gasteiger partial charge is 0.251 e. The molecule has 1 unspecified atom stereocenters. The summed E-state index contributed by atoms with van der Waals surface area (Å²) in [6, 6.07) is 25.3. The summed E-state index contributed by atoms with van der Waals surface area (Å²) in [6.07, 6.45) is 0. The number of carbonyl (C=O) groups excluding carboxylic acids is 2. The van der Waals surface area contributed by atoms with Crippen LogP contribution in [-0.4, -0.2) is 35.6 Å². The van der Waals surface area contributed by atoms with E-state index in [1.807, 2.05) is 90.7 Å². The molecule has 6 heteroatoms. The quantitative estimate of drug-likeness (QED) is 0.515. The van der Waals surface area contributed by atoms with Crippen molar-refractivity contribution < 1.29 is 14.3 Å². The zero-order chi connectivity index (χ0) is 22.3. The van der Waals surface area contributed by atoms with E-state index in [2.05, 4.69) is 5.32 Å². The molecule has 1 heterocycles. The van der Waals surface area contributed by atoms with Crippen molar-refractivity contribution in [2.45, 2.75) is 18.8 Å². The van der Waals surface area contributed by atoms with Gasteiger partial charge in [0.05, 0.1) is 12.3 Å². The molecule has 1 N–H and O–H groups in total. The standard InChI is InChI=1S/C26H26N2O3S/c1-19-7-5-6-10-23(19)31-16-15-27-25(30)21-11-13-22(14-12-21)26-28(24(29)18-32-26)17-20-8-3-2-4-9-20/h2-14,26H,15-18H2,1H3,(H,27,30). The van der Waals surface area contributed by atoms with Gasteiger partial charge in [0.25, 0.3) is 5.91 Å². The predicted molar refractivity (Wildman–Crippen MR) is 128 cm³/mol. The van der Waals surface area contributed by atoms with Gasteiger partial charge < -0.3 is 15.0 Å². The molecule has 2 amide bonds. The maximum absolute atomic E-state index is 12.5. The normalized spacial score (nSPS) is 15.6. The number of hydrogen-bond acceptors (Lipinski definition) is 4. The van der Waals surface area contributed by atoms with Crippen molar-refractivity contribution in [1.29, 1.82) is 0 Å². The number of hydrogen-bond donors (Lipinski definition) is 1. The Balaban J connectivity index is 1.32. The second kappa shape index (κ2) is 10.4. The fraction of sp³-hybridized carbons (Fsp3) is 0.231. The molecular formula is C26H26N2O3S. The van der Waals surface area contributed by atoms with E-state index < -0.39 is 0 Å². The predicted octanol–water partition coefficient (Wildman–Crippen LogP) is 4.58. The van der Waals surface area contributed by atoms with E-state index in [9.17, 15) is 9.59 Å². The Hall–Kier alpha value is -3.25. The molecule has 1 aliphatic rings. The fourth-order valence-corrected chi connectivity index (χ4v) is 4.81. The number of ether oxygens (including phenoxy) is 1. The Morgan fingerprint density at radius 1 is 1.03 bits per heavy atom. The molecule has 4 rings (SSSR count). The van der Waals surface area contributed by atoms with Crippen LogP contribution >= 0.6 is 11.8 Å². The first-order valence-corrected chi connectivity index (χ1v) is 11.7. The third kappa shape index (κ3) is 5.32. The molecule has 1 saturated heterocycles. The minimum Gasteiger partial charge on any atom is -0.491 e. The van der Waals surface area contributed by atoms with Crippen LogP contribution in [0, 0.1) is 6.92 Å². The third-order valence-electron chi connectivity index (χ3n) is 5.36. The van der Waals surface area contributed by atoms with Gasteiger partial charge in [-0.15, -0.1) is 11.8 Å². The molecule has 3 aromatic rings. The molecule has 0 bridgehead atoms. The summed E-state index contributed by atoms with van der Waals surface area (Å²) in [5.74, 6) is 1.30. The molecule has 0 spiro atoms. The zero-order valence-corrected chi connectivity index (χ0v) is 18.8. The van der Waals surface area contributed by atoms with Crippen molar-refractivity contribution in [2.24, 2.45) is 0 Å². The van der Waals surface area contributed by atoms with Gasteiger partial charge in [0.1, 0.15) is 17.7 Å². The van der Waals surface area contributed by atoms with E-state index in [0.29, 0.717) is 31.0 Å². The largest absolute Gasteiger partial charge is 0.491 e. The summed E-state index contributed by atoms with van der Waals surface area (Å²) in [5, 5.41) is 2.85. The van der Waals surface area contributed by atoms with Crippen molar-refractivity contribution in [3.05, 3.63) is 101 Å². The van der Waals surface area contributed by atoms with Crippen LogP contribution in [0.15, 0.2) is 78.9 Å². The van der Waals surface area contributed by atoms with Crippen LogP contribution in [0.3, 0.4) is 0 Å². The van der Waals surface area contributed by atoms with Crippen molar-refractivity contribution in [1.82, 2.24) is 10.2 Å². The van der Waals surface area contributed by atoms with E-state index in [1.165, 1.54) is 0 Å². The summed E-state index contributed by atoms with van der Waals surface area (Å²) >= 11 is 1.62. The topological polar surface area (TPSA) is 58.6 Å². The van der Waals surface area contributed by atoms with Gasteiger partial charge in [0.15, 0.2) is 0 Å². The number of nitrogens with zero attached hydrogens (tertiary/aromatic N) is 1. The minimum absolute atomic E-state index is 0.0395. The fourth-order valence-electron chi connectivity index (χ4n) is 3.63. The lowest BCUT2D eigenvalue weighted by Crippen LogP contribution is -2.28. The maximum Gasteiger partial charge on any atom is 0.251 e. The Labute approximate surface area is 192 Å². The molecule has 0 radical (unpaired) electrons. The number of carbonyl (C=O) groups is 2. The van der Waals surface area contributed by atoms with Crippen LogP contribution in [-0.2, 0) is 11.3 Å². The van der Waals surface area contributed by atoms with Gasteiger partial charge in [-0.2, -0.15) is 0 Å². The summed E-state index contributed by atoms with van der Waals surface area (Å²) < 4.78 is 5.73. The number of para-hydroxylation sites is 1. The van der Waals surface area contributed by atoms with Gasteiger partial charge in [-0.3, -0.25) is 9.59 Å². The lowest BCUT2D eigenvalue weighted by atomic mass is 10.1. The maximum atomic E-state index is 12.5. The first-order chi connectivity index (χ1) is 15.6. The lowest BCUT2D eigenvalue weighted by molar-refractivity contribution is -0.128. The molecular weight excluding hydrogens is 420 g/mol. The highest BCUT2D eigenvalue weighted by Gasteiger charge is 2.32. The first kappa shape index (κ1) is 22.0. The second-order valence-electron chi connectivity index (χ2n) is 7.66. The number of aryl methyl sites for hydroxylation is 1. The average Bonchev–Trinajstić information content (AvgIpc) is 3.18. The summed E-state index contributed by atoms with van der Waals surface area (Å²) in [6.45, 7) is 3.41.